The summed E-state index contributed by atoms with van der Waals surface area (Å²) in [5.74, 6) is -0.0386. The van der Waals surface area contributed by atoms with Crippen molar-refractivity contribution in [2.24, 2.45) is 0 Å². The van der Waals surface area contributed by atoms with E-state index >= 15 is 0 Å². The van der Waals surface area contributed by atoms with Gasteiger partial charge in [0, 0.05) is 5.56 Å². The molecule has 0 spiro atoms. The number of hydrogen-bond acceptors (Lipinski definition) is 5. The molecule has 0 aromatic heterocycles. The van der Waals surface area contributed by atoms with Crippen LogP contribution in [-0.2, 0) is 25.6 Å². The zero-order chi connectivity index (χ0) is 19.9. The highest BCUT2D eigenvalue weighted by atomic mass is 16.7. The van der Waals surface area contributed by atoms with Crippen molar-refractivity contribution in [1.29, 1.82) is 0 Å². The highest BCUT2D eigenvalue weighted by Gasteiger charge is 2.19. The number of benzene rings is 2. The van der Waals surface area contributed by atoms with Crippen molar-refractivity contribution in [1.82, 2.24) is 0 Å². The Hall–Kier alpha value is -2.83. The van der Waals surface area contributed by atoms with Gasteiger partial charge in [-0.3, -0.25) is 0 Å². The first kappa shape index (κ1) is 19.9. The summed E-state index contributed by atoms with van der Waals surface area (Å²) in [5.41, 5.74) is 2.35. The second-order valence-corrected chi connectivity index (χ2v) is 6.39. The molecule has 1 heterocycles. The summed E-state index contributed by atoms with van der Waals surface area (Å²) in [6, 6.07) is 14.8. The molecular weight excluding hydrogens is 360 g/mol. The number of ether oxygens (including phenoxy) is 4. The van der Waals surface area contributed by atoms with Crippen LogP contribution in [0.5, 0.6) is 5.75 Å². The molecule has 0 saturated carbocycles. The van der Waals surface area contributed by atoms with Gasteiger partial charge < -0.3 is 24.1 Å². The number of aliphatic carboxylic acids is 1. The van der Waals surface area contributed by atoms with Crippen LogP contribution >= 0.6 is 0 Å². The SMILES string of the molecule is COC(C)=C(C(=O)O)c1ccccc1COc1cccc(C2OCCCO2)c1. The van der Waals surface area contributed by atoms with Gasteiger partial charge in [-0.2, -0.15) is 0 Å². The second-order valence-electron chi connectivity index (χ2n) is 6.39. The Morgan fingerprint density at radius 2 is 1.89 bits per heavy atom. The monoisotopic (exact) mass is 384 g/mol. The van der Waals surface area contributed by atoms with Gasteiger partial charge in [-0.25, -0.2) is 4.79 Å². The minimum absolute atomic E-state index is 0.124. The average molecular weight is 384 g/mol. The lowest BCUT2D eigenvalue weighted by atomic mass is 9.99. The maximum absolute atomic E-state index is 11.7. The standard InChI is InChI=1S/C22H24O6/c1-15(25-2)20(21(23)24)19-10-4-3-7-17(19)14-28-18-9-5-8-16(13-18)22-26-11-6-12-27-22/h3-5,7-10,13,22H,6,11-12,14H2,1-2H3,(H,23,24). The number of allylic oxidation sites excluding steroid dienone is 1. The highest BCUT2D eigenvalue weighted by molar-refractivity contribution is 6.16. The number of carboxylic acids is 1. The van der Waals surface area contributed by atoms with Crippen LogP contribution in [0.15, 0.2) is 54.3 Å². The Balaban J connectivity index is 1.80. The lowest BCUT2D eigenvalue weighted by molar-refractivity contribution is -0.183. The zero-order valence-corrected chi connectivity index (χ0v) is 16.0. The van der Waals surface area contributed by atoms with Crippen molar-refractivity contribution in [3.8, 4) is 5.75 Å². The molecular formula is C22H24O6. The van der Waals surface area contributed by atoms with Crippen molar-refractivity contribution in [2.45, 2.75) is 26.2 Å². The summed E-state index contributed by atoms with van der Waals surface area (Å²) in [7, 11) is 1.46. The maximum Gasteiger partial charge on any atom is 0.339 e. The quantitative estimate of drug-likeness (QED) is 0.571. The van der Waals surface area contributed by atoms with E-state index in [0.717, 1.165) is 17.5 Å². The average Bonchev–Trinajstić information content (AvgIpc) is 2.73. The zero-order valence-electron chi connectivity index (χ0n) is 16.0. The number of carboxylic acid groups (broad SMARTS) is 1. The molecule has 1 aliphatic rings. The highest BCUT2D eigenvalue weighted by Crippen LogP contribution is 2.28. The summed E-state index contributed by atoms with van der Waals surface area (Å²) < 4.78 is 22.4. The number of hydrogen-bond donors (Lipinski definition) is 1. The minimum atomic E-state index is -1.04. The molecule has 6 heteroatoms. The van der Waals surface area contributed by atoms with E-state index < -0.39 is 5.97 Å². The van der Waals surface area contributed by atoms with E-state index in [4.69, 9.17) is 18.9 Å². The summed E-state index contributed by atoms with van der Waals surface area (Å²) in [6.07, 6.45) is 0.513. The van der Waals surface area contributed by atoms with Gasteiger partial charge in [0.05, 0.1) is 20.3 Å². The van der Waals surface area contributed by atoms with Crippen molar-refractivity contribution in [2.75, 3.05) is 20.3 Å². The first-order valence-electron chi connectivity index (χ1n) is 9.12. The third-order valence-electron chi connectivity index (χ3n) is 4.51. The van der Waals surface area contributed by atoms with Gasteiger partial charge in [0.1, 0.15) is 23.7 Å². The number of methoxy groups -OCH3 is 1. The van der Waals surface area contributed by atoms with Gasteiger partial charge in [-0.05, 0) is 36.6 Å². The predicted molar refractivity (Wildman–Crippen MR) is 104 cm³/mol. The van der Waals surface area contributed by atoms with Gasteiger partial charge in [0.25, 0.3) is 0 Å². The first-order chi connectivity index (χ1) is 13.6. The minimum Gasteiger partial charge on any atom is -0.500 e. The molecule has 0 aliphatic carbocycles. The normalized spacial score (nSPS) is 15.6. The molecule has 0 bridgehead atoms. The molecule has 0 unspecified atom stereocenters. The summed E-state index contributed by atoms with van der Waals surface area (Å²) >= 11 is 0. The molecule has 1 saturated heterocycles. The number of carbonyl (C=O) groups is 1. The van der Waals surface area contributed by atoms with Crippen LogP contribution in [0.3, 0.4) is 0 Å². The molecule has 1 aliphatic heterocycles. The van der Waals surface area contributed by atoms with E-state index in [9.17, 15) is 9.90 Å². The third kappa shape index (κ3) is 4.71. The summed E-state index contributed by atoms with van der Waals surface area (Å²) in [4.78, 5) is 11.7. The maximum atomic E-state index is 11.7. The van der Waals surface area contributed by atoms with Crippen LogP contribution in [0, 0.1) is 0 Å². The molecule has 0 radical (unpaired) electrons. The van der Waals surface area contributed by atoms with Gasteiger partial charge in [0.15, 0.2) is 6.29 Å². The first-order valence-corrected chi connectivity index (χ1v) is 9.12. The molecule has 2 aromatic carbocycles. The smallest absolute Gasteiger partial charge is 0.339 e. The Morgan fingerprint density at radius 1 is 1.14 bits per heavy atom. The molecule has 0 atom stereocenters. The fourth-order valence-electron chi connectivity index (χ4n) is 3.04. The molecule has 1 fully saturated rings. The van der Waals surface area contributed by atoms with Gasteiger partial charge in [-0.1, -0.05) is 36.4 Å². The van der Waals surface area contributed by atoms with E-state index in [1.54, 1.807) is 19.1 Å². The number of rotatable bonds is 7. The molecule has 28 heavy (non-hydrogen) atoms. The van der Waals surface area contributed by atoms with E-state index in [0.29, 0.717) is 30.3 Å². The van der Waals surface area contributed by atoms with Crippen LogP contribution < -0.4 is 4.74 Å². The Morgan fingerprint density at radius 3 is 2.61 bits per heavy atom. The Bertz CT molecular complexity index is 852. The van der Waals surface area contributed by atoms with Crippen molar-refractivity contribution in [3.63, 3.8) is 0 Å². The van der Waals surface area contributed by atoms with Crippen LogP contribution in [0.25, 0.3) is 5.57 Å². The van der Waals surface area contributed by atoms with Crippen LogP contribution in [0.1, 0.15) is 36.3 Å². The van der Waals surface area contributed by atoms with Gasteiger partial charge in [-0.15, -0.1) is 0 Å². The second kappa shape index (κ2) is 9.39. The molecule has 1 N–H and O–H groups in total. The molecule has 3 rings (SSSR count). The molecule has 2 aromatic rings. The summed E-state index contributed by atoms with van der Waals surface area (Å²) in [5, 5.41) is 9.61. The van der Waals surface area contributed by atoms with Crippen molar-refractivity contribution >= 4 is 11.5 Å². The van der Waals surface area contributed by atoms with Crippen molar-refractivity contribution < 1.29 is 28.8 Å². The fraction of sp³-hybridized carbons (Fsp3) is 0.318. The van der Waals surface area contributed by atoms with Crippen molar-refractivity contribution in [3.05, 3.63) is 71.0 Å². The Kier molecular flexibility index (Phi) is 6.68. The molecule has 6 nitrogen and oxygen atoms in total. The fourth-order valence-corrected chi connectivity index (χ4v) is 3.04. The molecule has 148 valence electrons. The predicted octanol–water partition coefficient (Wildman–Crippen LogP) is 4.16. The third-order valence-corrected chi connectivity index (χ3v) is 4.51. The largest absolute Gasteiger partial charge is 0.500 e. The van der Waals surface area contributed by atoms with E-state index in [2.05, 4.69) is 0 Å². The van der Waals surface area contributed by atoms with Crippen LogP contribution in [0.4, 0.5) is 0 Å². The van der Waals surface area contributed by atoms with E-state index in [-0.39, 0.29) is 18.5 Å². The topological polar surface area (TPSA) is 74.2 Å². The van der Waals surface area contributed by atoms with Gasteiger partial charge in [0.2, 0.25) is 0 Å². The van der Waals surface area contributed by atoms with Crippen LogP contribution in [0.2, 0.25) is 0 Å². The Labute approximate surface area is 164 Å². The lowest BCUT2D eigenvalue weighted by Crippen LogP contribution is -2.17. The van der Waals surface area contributed by atoms with E-state index in [1.165, 1.54) is 7.11 Å². The van der Waals surface area contributed by atoms with Crippen LogP contribution in [-0.4, -0.2) is 31.4 Å². The molecule has 0 amide bonds. The van der Waals surface area contributed by atoms with Gasteiger partial charge >= 0.3 is 5.97 Å². The lowest BCUT2D eigenvalue weighted by Gasteiger charge is -2.23. The van der Waals surface area contributed by atoms with E-state index in [1.807, 2.05) is 36.4 Å². The summed E-state index contributed by atoms with van der Waals surface area (Å²) in [6.45, 7) is 3.20.